The maximum Gasteiger partial charge on any atom is 0.150 e. The van der Waals surface area contributed by atoms with Crippen molar-refractivity contribution in [1.82, 2.24) is 0 Å². The molecule has 3 aromatic carbocycles. The van der Waals surface area contributed by atoms with Crippen LogP contribution >= 0.6 is 0 Å². The van der Waals surface area contributed by atoms with Gasteiger partial charge in [0.05, 0.1) is 6.10 Å². The maximum atomic E-state index is 11.5. The maximum absolute atomic E-state index is 11.5. The smallest absolute Gasteiger partial charge is 0.150 e. The predicted molar refractivity (Wildman–Crippen MR) is 90.5 cm³/mol. The van der Waals surface area contributed by atoms with Gasteiger partial charge >= 0.3 is 0 Å². The zero-order chi connectivity index (χ0) is 15.5. The third kappa shape index (κ3) is 2.60. The van der Waals surface area contributed by atoms with E-state index in [-0.39, 0.29) is 6.10 Å². The summed E-state index contributed by atoms with van der Waals surface area (Å²) >= 11 is 0. The lowest BCUT2D eigenvalue weighted by molar-refractivity contribution is 0.112. The molecule has 0 aliphatic carbocycles. The van der Waals surface area contributed by atoms with Crippen LogP contribution in [0.5, 0.6) is 5.75 Å². The highest BCUT2D eigenvalue weighted by Crippen LogP contribution is 2.37. The molecule has 0 aliphatic rings. The average molecular weight is 290 g/mol. The van der Waals surface area contributed by atoms with Gasteiger partial charge in [0.15, 0.2) is 6.29 Å². The van der Waals surface area contributed by atoms with Crippen LogP contribution in [-0.4, -0.2) is 12.4 Å². The van der Waals surface area contributed by atoms with Crippen molar-refractivity contribution in [2.24, 2.45) is 0 Å². The van der Waals surface area contributed by atoms with Gasteiger partial charge in [-0.15, -0.1) is 0 Å². The number of fused-ring (bicyclic) bond motifs is 1. The van der Waals surface area contributed by atoms with Gasteiger partial charge in [-0.1, -0.05) is 54.6 Å². The van der Waals surface area contributed by atoms with E-state index in [4.69, 9.17) is 4.74 Å². The van der Waals surface area contributed by atoms with Crippen molar-refractivity contribution in [3.8, 4) is 16.9 Å². The molecule has 0 N–H and O–H groups in total. The Balaban J connectivity index is 2.32. The fourth-order valence-electron chi connectivity index (χ4n) is 2.72. The quantitative estimate of drug-likeness (QED) is 0.624. The second kappa shape index (κ2) is 6.02. The van der Waals surface area contributed by atoms with Crippen LogP contribution in [0.4, 0.5) is 0 Å². The molecule has 2 nitrogen and oxygen atoms in total. The average Bonchev–Trinajstić information content (AvgIpc) is 2.54. The van der Waals surface area contributed by atoms with Crippen molar-refractivity contribution in [3.05, 3.63) is 66.2 Å². The van der Waals surface area contributed by atoms with Crippen molar-refractivity contribution in [3.63, 3.8) is 0 Å². The van der Waals surface area contributed by atoms with Crippen LogP contribution in [0.1, 0.15) is 24.2 Å². The Labute approximate surface area is 130 Å². The molecule has 0 aliphatic heterocycles. The summed E-state index contributed by atoms with van der Waals surface area (Å²) in [5.41, 5.74) is 2.57. The fourth-order valence-corrected chi connectivity index (χ4v) is 2.72. The minimum atomic E-state index is 0.0795. The summed E-state index contributed by atoms with van der Waals surface area (Å²) in [6.45, 7) is 4.00. The molecule has 110 valence electrons. The summed E-state index contributed by atoms with van der Waals surface area (Å²) in [5.74, 6) is 0.803. The molecular formula is C20H18O2. The molecule has 0 atom stereocenters. The van der Waals surface area contributed by atoms with E-state index >= 15 is 0 Å². The second-order valence-electron chi connectivity index (χ2n) is 5.53. The van der Waals surface area contributed by atoms with Gasteiger partial charge in [0, 0.05) is 16.7 Å². The van der Waals surface area contributed by atoms with Crippen LogP contribution in [0.3, 0.4) is 0 Å². The third-order valence-corrected chi connectivity index (χ3v) is 3.61. The van der Waals surface area contributed by atoms with Crippen LogP contribution in [0, 0.1) is 0 Å². The molecule has 0 saturated carbocycles. The van der Waals surface area contributed by atoms with Crippen molar-refractivity contribution in [1.29, 1.82) is 0 Å². The van der Waals surface area contributed by atoms with Gasteiger partial charge in [0.25, 0.3) is 0 Å². The molecule has 0 radical (unpaired) electrons. The van der Waals surface area contributed by atoms with Crippen molar-refractivity contribution in [2.75, 3.05) is 0 Å². The van der Waals surface area contributed by atoms with Crippen LogP contribution < -0.4 is 4.74 Å². The molecule has 0 saturated heterocycles. The number of benzene rings is 3. The Morgan fingerprint density at radius 1 is 0.909 bits per heavy atom. The zero-order valence-electron chi connectivity index (χ0n) is 12.7. The highest BCUT2D eigenvalue weighted by molar-refractivity contribution is 6.05. The van der Waals surface area contributed by atoms with E-state index in [1.807, 2.05) is 68.4 Å². The number of ether oxygens (including phenoxy) is 1. The minimum absolute atomic E-state index is 0.0795. The van der Waals surface area contributed by atoms with Crippen LogP contribution in [-0.2, 0) is 0 Å². The lowest BCUT2D eigenvalue weighted by Crippen LogP contribution is -2.06. The number of aldehydes is 1. The Morgan fingerprint density at radius 2 is 1.64 bits per heavy atom. The van der Waals surface area contributed by atoms with Gasteiger partial charge in [-0.2, -0.15) is 0 Å². The predicted octanol–water partition coefficient (Wildman–Crippen LogP) is 5.11. The molecular weight excluding hydrogens is 272 g/mol. The van der Waals surface area contributed by atoms with Gasteiger partial charge in [-0.3, -0.25) is 4.79 Å². The summed E-state index contributed by atoms with van der Waals surface area (Å²) < 4.78 is 5.93. The highest BCUT2D eigenvalue weighted by Gasteiger charge is 2.14. The molecule has 0 aromatic heterocycles. The number of rotatable bonds is 4. The summed E-state index contributed by atoms with van der Waals surface area (Å²) in [5, 5.41) is 2.18. The molecule has 0 bridgehead atoms. The molecule has 0 amide bonds. The minimum Gasteiger partial charge on any atom is -0.490 e. The molecule has 2 heteroatoms. The topological polar surface area (TPSA) is 26.3 Å². The number of carbonyl (C=O) groups is 1. The largest absolute Gasteiger partial charge is 0.490 e. The summed E-state index contributed by atoms with van der Waals surface area (Å²) in [7, 11) is 0. The lowest BCUT2D eigenvalue weighted by atomic mass is 9.93. The van der Waals surface area contributed by atoms with Crippen molar-refractivity contribution in [2.45, 2.75) is 20.0 Å². The first-order valence-electron chi connectivity index (χ1n) is 7.43. The Bertz CT molecular complexity index is 819. The van der Waals surface area contributed by atoms with E-state index in [0.29, 0.717) is 5.56 Å². The Hall–Kier alpha value is -2.61. The van der Waals surface area contributed by atoms with Gasteiger partial charge in [-0.25, -0.2) is 0 Å². The van der Waals surface area contributed by atoms with E-state index in [0.717, 1.165) is 33.9 Å². The van der Waals surface area contributed by atoms with E-state index in [1.54, 1.807) is 0 Å². The van der Waals surface area contributed by atoms with E-state index in [2.05, 4.69) is 6.07 Å². The number of para-hydroxylation sites is 1. The Morgan fingerprint density at radius 3 is 2.41 bits per heavy atom. The Kier molecular flexibility index (Phi) is 3.92. The summed E-state index contributed by atoms with van der Waals surface area (Å²) in [6.07, 6.45) is 0.990. The molecule has 3 aromatic rings. The summed E-state index contributed by atoms with van der Waals surface area (Å²) in [4.78, 5) is 11.5. The molecule has 0 heterocycles. The van der Waals surface area contributed by atoms with Crippen LogP contribution in [0.15, 0.2) is 60.7 Å². The normalized spacial score (nSPS) is 10.9. The second-order valence-corrected chi connectivity index (χ2v) is 5.53. The van der Waals surface area contributed by atoms with E-state index < -0.39 is 0 Å². The molecule has 3 rings (SSSR count). The van der Waals surface area contributed by atoms with Gasteiger partial charge in [-0.05, 0) is 30.7 Å². The fraction of sp³-hybridized carbons (Fsp3) is 0.150. The molecule has 0 fully saturated rings. The first-order valence-corrected chi connectivity index (χ1v) is 7.43. The first-order chi connectivity index (χ1) is 10.7. The summed E-state index contributed by atoms with van der Waals surface area (Å²) in [6, 6.07) is 19.8. The van der Waals surface area contributed by atoms with Crippen molar-refractivity contribution < 1.29 is 9.53 Å². The van der Waals surface area contributed by atoms with Gasteiger partial charge in [0.1, 0.15) is 5.75 Å². The molecule has 0 spiro atoms. The van der Waals surface area contributed by atoms with E-state index in [9.17, 15) is 4.79 Å². The van der Waals surface area contributed by atoms with Gasteiger partial charge < -0.3 is 4.74 Å². The molecule has 22 heavy (non-hydrogen) atoms. The number of carbonyl (C=O) groups excluding carboxylic acids is 1. The third-order valence-electron chi connectivity index (χ3n) is 3.61. The SMILES string of the molecule is CC(C)Oc1ccccc1-c1c(C=O)ccc2ccccc12. The van der Waals surface area contributed by atoms with Crippen LogP contribution in [0.25, 0.3) is 21.9 Å². The van der Waals surface area contributed by atoms with Crippen molar-refractivity contribution >= 4 is 17.1 Å². The standard InChI is InChI=1S/C20H18O2/c1-14(2)22-19-10-6-5-9-18(19)20-16(13-21)12-11-15-7-3-4-8-17(15)20/h3-14H,1-2H3. The van der Waals surface area contributed by atoms with E-state index in [1.165, 1.54) is 0 Å². The van der Waals surface area contributed by atoms with Gasteiger partial charge in [0.2, 0.25) is 0 Å². The number of hydrogen-bond donors (Lipinski definition) is 0. The molecule has 0 unspecified atom stereocenters. The lowest BCUT2D eigenvalue weighted by Gasteiger charge is -2.17. The van der Waals surface area contributed by atoms with Crippen LogP contribution in [0.2, 0.25) is 0 Å². The highest BCUT2D eigenvalue weighted by atomic mass is 16.5. The first kappa shape index (κ1) is 14.3. The monoisotopic (exact) mass is 290 g/mol. The number of hydrogen-bond acceptors (Lipinski definition) is 2. The zero-order valence-corrected chi connectivity index (χ0v) is 12.7.